The van der Waals surface area contributed by atoms with Crippen molar-refractivity contribution in [3.8, 4) is 0 Å². The molecule has 0 unspecified atom stereocenters. The summed E-state index contributed by atoms with van der Waals surface area (Å²) in [5.74, 6) is 0.791. The minimum absolute atomic E-state index is 0.0998. The van der Waals surface area contributed by atoms with Crippen LogP contribution in [0.2, 0.25) is 0 Å². The van der Waals surface area contributed by atoms with E-state index in [1.54, 1.807) is 17.7 Å². The first-order valence-corrected chi connectivity index (χ1v) is 10.7. The molecule has 5 nitrogen and oxygen atoms in total. The molecule has 2 aromatic heterocycles. The lowest BCUT2D eigenvalue weighted by molar-refractivity contribution is 0.102. The Morgan fingerprint density at radius 2 is 1.96 bits per heavy atom. The van der Waals surface area contributed by atoms with Crippen LogP contribution >= 0.6 is 27.3 Å². The lowest BCUT2D eigenvalue weighted by atomic mass is 10.1. The van der Waals surface area contributed by atoms with Crippen molar-refractivity contribution in [2.45, 2.75) is 33.1 Å². The molecule has 0 aliphatic carbocycles. The normalized spacial score (nSPS) is 14.6. The highest BCUT2D eigenvalue weighted by Crippen LogP contribution is 2.36. The number of thiophene rings is 1. The van der Waals surface area contributed by atoms with Crippen molar-refractivity contribution in [2.24, 2.45) is 0 Å². The van der Waals surface area contributed by atoms with Crippen molar-refractivity contribution in [3.05, 3.63) is 45.0 Å². The number of piperidine rings is 1. The summed E-state index contributed by atoms with van der Waals surface area (Å²) >= 11 is 5.02. The third-order valence-electron chi connectivity index (χ3n) is 4.96. The maximum atomic E-state index is 13.2. The number of amides is 1. The van der Waals surface area contributed by atoms with Crippen molar-refractivity contribution < 1.29 is 4.79 Å². The van der Waals surface area contributed by atoms with E-state index in [0.29, 0.717) is 5.56 Å². The van der Waals surface area contributed by atoms with Crippen molar-refractivity contribution in [3.63, 3.8) is 0 Å². The average molecular weight is 445 g/mol. The van der Waals surface area contributed by atoms with Crippen LogP contribution in [0.3, 0.4) is 0 Å². The van der Waals surface area contributed by atoms with Gasteiger partial charge in [0, 0.05) is 28.1 Å². The zero-order chi connectivity index (χ0) is 19.0. The average Bonchev–Trinajstić information content (AvgIpc) is 3.00. The fourth-order valence-corrected chi connectivity index (χ4v) is 5.06. The van der Waals surface area contributed by atoms with E-state index in [0.717, 1.165) is 62.6 Å². The Hall–Kier alpha value is -1.99. The van der Waals surface area contributed by atoms with Gasteiger partial charge < -0.3 is 10.2 Å². The number of aromatic nitrogens is 2. The highest BCUT2D eigenvalue weighted by atomic mass is 79.9. The van der Waals surface area contributed by atoms with Gasteiger partial charge in [-0.2, -0.15) is 0 Å². The van der Waals surface area contributed by atoms with Crippen LogP contribution in [0.4, 0.5) is 11.5 Å². The lowest BCUT2D eigenvalue weighted by Crippen LogP contribution is -2.30. The molecule has 0 atom stereocenters. The Morgan fingerprint density at radius 3 is 2.70 bits per heavy atom. The molecule has 3 aromatic rings. The number of fused-ring (bicyclic) bond motifs is 1. The number of hydrogen-bond acceptors (Lipinski definition) is 5. The van der Waals surface area contributed by atoms with Crippen LogP contribution in [0.25, 0.3) is 10.2 Å². The Balaban J connectivity index is 1.76. The molecule has 0 radical (unpaired) electrons. The summed E-state index contributed by atoms with van der Waals surface area (Å²) in [5.41, 5.74) is 2.53. The first-order valence-electron chi connectivity index (χ1n) is 9.11. The SMILES string of the molecule is Cc1cc(Br)ccc1NC(=O)c1c(C)sc2ncnc(N3CCCCC3)c12. The van der Waals surface area contributed by atoms with Gasteiger partial charge in [0.1, 0.15) is 17.0 Å². The Labute approximate surface area is 171 Å². The third-order valence-corrected chi connectivity index (χ3v) is 6.47. The third kappa shape index (κ3) is 3.58. The maximum absolute atomic E-state index is 13.2. The van der Waals surface area contributed by atoms with Gasteiger partial charge in [-0.15, -0.1) is 11.3 Å². The number of benzene rings is 1. The van der Waals surface area contributed by atoms with Gasteiger partial charge in [-0.05, 0) is 56.9 Å². The number of carbonyl (C=O) groups is 1. The molecule has 1 fully saturated rings. The van der Waals surface area contributed by atoms with Gasteiger partial charge in [0.25, 0.3) is 5.91 Å². The van der Waals surface area contributed by atoms with Gasteiger partial charge >= 0.3 is 0 Å². The van der Waals surface area contributed by atoms with Crippen LogP contribution in [0.1, 0.15) is 40.1 Å². The summed E-state index contributed by atoms with van der Waals surface area (Å²) in [5, 5.41) is 3.96. The van der Waals surface area contributed by atoms with E-state index in [4.69, 9.17) is 0 Å². The minimum Gasteiger partial charge on any atom is -0.356 e. The Bertz CT molecular complexity index is 1010. The number of halogens is 1. The molecule has 27 heavy (non-hydrogen) atoms. The van der Waals surface area contributed by atoms with Crippen molar-refractivity contribution in [1.29, 1.82) is 0 Å². The fourth-order valence-electron chi connectivity index (χ4n) is 3.60. The van der Waals surface area contributed by atoms with Gasteiger partial charge in [0.15, 0.2) is 0 Å². The Kier molecular flexibility index (Phi) is 5.14. The van der Waals surface area contributed by atoms with E-state index >= 15 is 0 Å². The number of carbonyl (C=O) groups excluding carboxylic acids is 1. The van der Waals surface area contributed by atoms with E-state index in [9.17, 15) is 4.79 Å². The van der Waals surface area contributed by atoms with E-state index in [-0.39, 0.29) is 5.91 Å². The molecule has 0 saturated carbocycles. The predicted molar refractivity (Wildman–Crippen MR) is 115 cm³/mol. The smallest absolute Gasteiger partial charge is 0.257 e. The van der Waals surface area contributed by atoms with Crippen LogP contribution in [-0.2, 0) is 0 Å². The zero-order valence-corrected chi connectivity index (χ0v) is 17.8. The fraction of sp³-hybridized carbons (Fsp3) is 0.350. The Morgan fingerprint density at radius 1 is 1.19 bits per heavy atom. The summed E-state index contributed by atoms with van der Waals surface area (Å²) in [4.78, 5) is 26.3. The van der Waals surface area contributed by atoms with Crippen LogP contribution in [0.15, 0.2) is 29.0 Å². The summed E-state index contributed by atoms with van der Waals surface area (Å²) in [6, 6.07) is 5.85. The molecule has 1 aliphatic heterocycles. The summed E-state index contributed by atoms with van der Waals surface area (Å²) in [6.07, 6.45) is 5.19. The molecule has 1 aromatic carbocycles. The van der Waals surface area contributed by atoms with Crippen LogP contribution in [0, 0.1) is 13.8 Å². The molecule has 1 saturated heterocycles. The minimum atomic E-state index is -0.0998. The quantitative estimate of drug-likeness (QED) is 0.594. The van der Waals surface area contributed by atoms with Gasteiger partial charge in [-0.3, -0.25) is 4.79 Å². The van der Waals surface area contributed by atoms with E-state index in [2.05, 4.69) is 36.1 Å². The number of anilines is 2. The van der Waals surface area contributed by atoms with Gasteiger partial charge in [0.05, 0.1) is 10.9 Å². The van der Waals surface area contributed by atoms with Crippen molar-refractivity contribution >= 4 is 54.9 Å². The van der Waals surface area contributed by atoms with E-state index < -0.39 is 0 Å². The van der Waals surface area contributed by atoms with E-state index in [1.165, 1.54) is 6.42 Å². The maximum Gasteiger partial charge on any atom is 0.257 e. The molecule has 1 amide bonds. The van der Waals surface area contributed by atoms with Crippen molar-refractivity contribution in [2.75, 3.05) is 23.3 Å². The van der Waals surface area contributed by atoms with Gasteiger partial charge in [-0.1, -0.05) is 15.9 Å². The second-order valence-electron chi connectivity index (χ2n) is 6.87. The van der Waals surface area contributed by atoms with Crippen LogP contribution in [-0.4, -0.2) is 29.0 Å². The topological polar surface area (TPSA) is 58.1 Å². The van der Waals surface area contributed by atoms with Crippen LogP contribution in [0.5, 0.6) is 0 Å². The molecular weight excluding hydrogens is 424 g/mol. The number of nitrogens with zero attached hydrogens (tertiary/aromatic N) is 3. The highest BCUT2D eigenvalue weighted by molar-refractivity contribution is 9.10. The van der Waals surface area contributed by atoms with Crippen LogP contribution < -0.4 is 10.2 Å². The molecule has 0 spiro atoms. The lowest BCUT2D eigenvalue weighted by Gasteiger charge is -2.28. The van der Waals surface area contributed by atoms with Gasteiger partial charge in [-0.25, -0.2) is 9.97 Å². The summed E-state index contributed by atoms with van der Waals surface area (Å²) < 4.78 is 0.996. The first-order chi connectivity index (χ1) is 13.0. The highest BCUT2D eigenvalue weighted by Gasteiger charge is 2.24. The number of hydrogen-bond donors (Lipinski definition) is 1. The molecule has 3 heterocycles. The summed E-state index contributed by atoms with van der Waals surface area (Å²) in [6.45, 7) is 5.93. The van der Waals surface area contributed by atoms with Crippen molar-refractivity contribution in [1.82, 2.24) is 9.97 Å². The molecule has 140 valence electrons. The molecule has 4 rings (SSSR count). The predicted octanol–water partition coefficient (Wildman–Crippen LogP) is 5.31. The molecule has 7 heteroatoms. The van der Waals surface area contributed by atoms with E-state index in [1.807, 2.05) is 32.0 Å². The second kappa shape index (κ2) is 7.56. The zero-order valence-electron chi connectivity index (χ0n) is 15.4. The molecular formula is C20H21BrN4OS. The monoisotopic (exact) mass is 444 g/mol. The molecule has 1 N–H and O–H groups in total. The number of nitrogens with one attached hydrogen (secondary N) is 1. The standard InChI is InChI=1S/C20H21BrN4OS/c1-12-10-14(21)6-7-15(12)24-19(26)16-13(2)27-20-17(16)18(22-11-23-20)25-8-4-3-5-9-25/h6-7,10-11H,3-5,8-9H2,1-2H3,(H,24,26). The number of rotatable bonds is 3. The summed E-state index contributed by atoms with van der Waals surface area (Å²) in [7, 11) is 0. The molecule has 1 aliphatic rings. The molecule has 0 bridgehead atoms. The first kappa shape index (κ1) is 18.4. The number of aryl methyl sites for hydroxylation is 2. The largest absolute Gasteiger partial charge is 0.356 e. The second-order valence-corrected chi connectivity index (χ2v) is 8.99. The van der Waals surface area contributed by atoms with Gasteiger partial charge in [0.2, 0.25) is 0 Å².